The second kappa shape index (κ2) is 13.5. The molecular formula is C16H27RbRe. The Bertz CT molecular complexity index is 321. The van der Waals surface area contributed by atoms with E-state index in [1.165, 1.54) is 28.7 Å². The van der Waals surface area contributed by atoms with Crippen molar-refractivity contribution in [2.24, 2.45) is 0 Å². The fraction of sp³-hybridized carbons (Fsp3) is 0.562. The van der Waals surface area contributed by atoms with Gasteiger partial charge in [0.2, 0.25) is 0 Å². The predicted octanol–water partition coefficient (Wildman–Crippen LogP) is 2.42. The van der Waals surface area contributed by atoms with Crippen LogP contribution in [-0.4, -0.2) is 0 Å². The van der Waals surface area contributed by atoms with Crippen molar-refractivity contribution in [1.82, 2.24) is 0 Å². The second-order valence-electron chi connectivity index (χ2n) is 3.85. The molecule has 0 amide bonds. The van der Waals surface area contributed by atoms with Crippen LogP contribution in [0.4, 0.5) is 0 Å². The summed E-state index contributed by atoms with van der Waals surface area (Å²) in [6.07, 6.45) is 3.60. The molecule has 1 unspecified atom stereocenters. The number of benzene rings is 1. The van der Waals surface area contributed by atoms with Crippen molar-refractivity contribution in [1.29, 1.82) is 0 Å². The van der Waals surface area contributed by atoms with Crippen LogP contribution >= 0.6 is 0 Å². The molecule has 0 nitrogen and oxygen atoms in total. The van der Waals surface area contributed by atoms with Gasteiger partial charge in [0.1, 0.15) is 0 Å². The first kappa shape index (κ1) is 24.6. The molecule has 1 aromatic carbocycles. The molecule has 0 spiro atoms. The summed E-state index contributed by atoms with van der Waals surface area (Å²) in [5.41, 5.74) is 5.93. The van der Waals surface area contributed by atoms with Crippen molar-refractivity contribution in [3.63, 3.8) is 0 Å². The average molecular weight is 491 g/mol. The van der Waals surface area contributed by atoms with Crippen molar-refractivity contribution >= 4 is 0 Å². The van der Waals surface area contributed by atoms with Gasteiger partial charge >= 0.3 is 58.2 Å². The Balaban J connectivity index is -0.000000344. The van der Waals surface area contributed by atoms with Crippen LogP contribution in [0, 0.1) is 20.3 Å². The fourth-order valence-electron chi connectivity index (χ4n) is 1.98. The van der Waals surface area contributed by atoms with Crippen LogP contribution in [0.15, 0.2) is 12.1 Å². The molecule has 1 radical (unpaired) electrons. The van der Waals surface area contributed by atoms with E-state index in [4.69, 9.17) is 0 Å². The molecule has 0 heterocycles. The molecular weight excluding hydrogens is 464 g/mol. The normalized spacial score (nSPS) is 14.3. The molecule has 2 heteroatoms. The quantitative estimate of drug-likeness (QED) is 0.490. The molecule has 1 aliphatic carbocycles. The number of hydrogen-bond donors (Lipinski definition) is 0. The maximum atomic E-state index is 2.38. The zero-order chi connectivity index (χ0) is 12.7. The van der Waals surface area contributed by atoms with Gasteiger partial charge in [-0.2, -0.15) is 12.0 Å². The van der Waals surface area contributed by atoms with Crippen molar-refractivity contribution in [2.45, 2.75) is 60.8 Å². The molecule has 0 bridgehead atoms. The van der Waals surface area contributed by atoms with E-state index in [-0.39, 0.29) is 78.6 Å². The standard InChI is InChI=1S/C12H15.2C2H6.Rb.Re/c1-8-4-6-11-9(2)5-7-12(11)10(8)3;2*1-2;;/h4,6-7,9H,5H2,1-3H3;2*1-2H3;;/q-1;;;+1;. The summed E-state index contributed by atoms with van der Waals surface area (Å²) in [7, 11) is 0. The minimum absolute atomic E-state index is 0. The smallest absolute Gasteiger partial charge is 0.185 e. The Morgan fingerprint density at radius 3 is 2.06 bits per heavy atom. The van der Waals surface area contributed by atoms with Crippen molar-refractivity contribution in [3.05, 3.63) is 40.8 Å². The number of fused-ring (bicyclic) bond motifs is 1. The van der Waals surface area contributed by atoms with Gasteiger partial charge in [-0.05, 0) is 0 Å². The summed E-state index contributed by atoms with van der Waals surface area (Å²) >= 11 is 0. The Hall–Kier alpha value is 1.56. The molecule has 0 saturated carbocycles. The van der Waals surface area contributed by atoms with Crippen LogP contribution < -0.4 is 58.2 Å². The van der Waals surface area contributed by atoms with E-state index in [2.05, 4.69) is 39.3 Å². The third-order valence-corrected chi connectivity index (χ3v) is 3.03. The molecule has 0 saturated heterocycles. The van der Waals surface area contributed by atoms with Gasteiger partial charge in [0.15, 0.2) is 0 Å². The first-order valence-corrected chi connectivity index (χ1v) is 6.63. The zero-order valence-electron chi connectivity index (χ0n) is 13.4. The van der Waals surface area contributed by atoms with E-state index in [1.54, 1.807) is 0 Å². The fourth-order valence-corrected chi connectivity index (χ4v) is 1.98. The molecule has 0 aromatic heterocycles. The summed E-state index contributed by atoms with van der Waals surface area (Å²) < 4.78 is 0. The van der Waals surface area contributed by atoms with Gasteiger partial charge in [-0.1, -0.05) is 66.9 Å². The Kier molecular flexibility index (Phi) is 18.5. The van der Waals surface area contributed by atoms with E-state index in [9.17, 15) is 0 Å². The monoisotopic (exact) mass is 491 g/mol. The van der Waals surface area contributed by atoms with Gasteiger partial charge in [-0.25, -0.2) is 0 Å². The molecule has 99 valence electrons. The predicted molar refractivity (Wildman–Crippen MR) is 75.0 cm³/mol. The Morgan fingerprint density at radius 1 is 1.06 bits per heavy atom. The van der Waals surface area contributed by atoms with E-state index in [1.807, 2.05) is 27.7 Å². The topological polar surface area (TPSA) is 0 Å². The van der Waals surface area contributed by atoms with Crippen LogP contribution in [0.25, 0.3) is 0 Å². The van der Waals surface area contributed by atoms with E-state index >= 15 is 0 Å². The van der Waals surface area contributed by atoms with Crippen LogP contribution in [0.2, 0.25) is 0 Å². The molecule has 0 fully saturated rings. The molecule has 0 aliphatic heterocycles. The van der Waals surface area contributed by atoms with Crippen molar-refractivity contribution in [3.8, 4) is 0 Å². The van der Waals surface area contributed by atoms with Crippen LogP contribution in [-0.2, 0) is 20.4 Å². The van der Waals surface area contributed by atoms with E-state index < -0.39 is 0 Å². The third kappa shape index (κ3) is 6.34. The minimum atomic E-state index is 0. The number of rotatable bonds is 0. The van der Waals surface area contributed by atoms with Crippen LogP contribution in [0.3, 0.4) is 0 Å². The van der Waals surface area contributed by atoms with Gasteiger partial charge in [-0.15, -0.1) is 22.8 Å². The SMILES string of the molecule is CC.CC.Cc1ccc2c(c1C)[CH-]CC2C.[Rb+].[Re]. The largest absolute Gasteiger partial charge is 1.00 e. The van der Waals surface area contributed by atoms with Gasteiger partial charge in [0.05, 0.1) is 0 Å². The van der Waals surface area contributed by atoms with E-state index in [0.717, 1.165) is 5.92 Å². The summed E-state index contributed by atoms with van der Waals surface area (Å²) in [6, 6.07) is 4.52. The first-order valence-electron chi connectivity index (χ1n) is 6.63. The summed E-state index contributed by atoms with van der Waals surface area (Å²) in [6.45, 7) is 14.7. The summed E-state index contributed by atoms with van der Waals surface area (Å²) in [5.74, 6) is 0.735. The van der Waals surface area contributed by atoms with E-state index in [0.29, 0.717) is 0 Å². The third-order valence-electron chi connectivity index (χ3n) is 3.03. The summed E-state index contributed by atoms with van der Waals surface area (Å²) in [5, 5.41) is 0. The zero-order valence-corrected chi connectivity index (χ0v) is 21.0. The number of hydrogen-bond acceptors (Lipinski definition) is 0. The molecule has 18 heavy (non-hydrogen) atoms. The van der Waals surface area contributed by atoms with Gasteiger partial charge in [0, 0.05) is 20.4 Å². The second-order valence-corrected chi connectivity index (χ2v) is 3.85. The van der Waals surface area contributed by atoms with Crippen LogP contribution in [0.5, 0.6) is 0 Å². The molecule has 0 N–H and O–H groups in total. The Labute approximate surface area is 177 Å². The maximum absolute atomic E-state index is 2.38. The van der Waals surface area contributed by atoms with Gasteiger partial charge in [0.25, 0.3) is 0 Å². The minimum Gasteiger partial charge on any atom is -0.185 e. The summed E-state index contributed by atoms with van der Waals surface area (Å²) in [4.78, 5) is 0. The van der Waals surface area contributed by atoms with Crippen molar-refractivity contribution < 1.29 is 78.6 Å². The maximum Gasteiger partial charge on any atom is 1.00 e. The average Bonchev–Trinajstić information content (AvgIpc) is 2.72. The van der Waals surface area contributed by atoms with Crippen molar-refractivity contribution in [2.75, 3.05) is 0 Å². The molecule has 1 atom stereocenters. The Morgan fingerprint density at radius 2 is 1.56 bits per heavy atom. The van der Waals surface area contributed by atoms with Gasteiger partial charge in [-0.3, -0.25) is 0 Å². The van der Waals surface area contributed by atoms with Gasteiger partial charge < -0.3 is 0 Å². The first-order chi connectivity index (χ1) is 7.70. The number of aryl methyl sites for hydroxylation is 1. The molecule has 1 aliphatic rings. The van der Waals surface area contributed by atoms with Crippen LogP contribution in [0.1, 0.15) is 69.2 Å². The molecule has 1 aromatic rings. The molecule has 2 rings (SSSR count).